The summed E-state index contributed by atoms with van der Waals surface area (Å²) in [7, 11) is 0. The fourth-order valence-corrected chi connectivity index (χ4v) is 3.02. The fraction of sp³-hybridized carbons (Fsp3) is 0.529. The van der Waals surface area contributed by atoms with Gasteiger partial charge in [-0.25, -0.2) is 4.98 Å². The molecule has 0 aliphatic carbocycles. The highest BCUT2D eigenvalue weighted by molar-refractivity contribution is 5.75. The van der Waals surface area contributed by atoms with Gasteiger partial charge in [0, 0.05) is 31.1 Å². The number of aromatic nitrogens is 3. The van der Waals surface area contributed by atoms with Crippen molar-refractivity contribution in [3.63, 3.8) is 0 Å². The van der Waals surface area contributed by atoms with Gasteiger partial charge in [-0.2, -0.15) is 4.98 Å². The summed E-state index contributed by atoms with van der Waals surface area (Å²) in [6, 6.07) is 3.99. The van der Waals surface area contributed by atoms with Crippen molar-refractivity contribution in [1.82, 2.24) is 15.1 Å². The predicted molar refractivity (Wildman–Crippen MR) is 90.4 cm³/mol. The average molecular weight is 329 g/mol. The number of piperidine rings is 1. The molecular formula is C17H23N5O2. The minimum atomic E-state index is -0.268. The summed E-state index contributed by atoms with van der Waals surface area (Å²) in [5.41, 5.74) is 6.17. The molecule has 2 N–H and O–H groups in total. The van der Waals surface area contributed by atoms with Crippen LogP contribution in [0.15, 0.2) is 22.9 Å². The number of nitrogens with two attached hydrogens (primary N) is 1. The third kappa shape index (κ3) is 3.55. The van der Waals surface area contributed by atoms with Crippen molar-refractivity contribution >= 4 is 11.7 Å². The van der Waals surface area contributed by atoms with Gasteiger partial charge in [0.25, 0.3) is 5.89 Å². The molecule has 0 unspecified atom stereocenters. The van der Waals surface area contributed by atoms with Gasteiger partial charge in [0.05, 0.1) is 5.56 Å². The summed E-state index contributed by atoms with van der Waals surface area (Å²) in [4.78, 5) is 22.4. The van der Waals surface area contributed by atoms with E-state index in [1.807, 2.05) is 26.0 Å². The monoisotopic (exact) mass is 329 g/mol. The maximum Gasteiger partial charge on any atom is 0.259 e. The molecule has 7 nitrogen and oxygen atoms in total. The molecule has 0 bridgehead atoms. The number of pyridine rings is 1. The zero-order valence-electron chi connectivity index (χ0n) is 14.1. The van der Waals surface area contributed by atoms with Gasteiger partial charge < -0.3 is 15.2 Å². The first-order chi connectivity index (χ1) is 11.5. The lowest BCUT2D eigenvalue weighted by atomic mass is 9.99. The van der Waals surface area contributed by atoms with Gasteiger partial charge in [0.15, 0.2) is 5.82 Å². The molecule has 1 amide bonds. The number of carbonyl (C=O) groups excluding carboxylic acids is 1. The minimum absolute atomic E-state index is 0.130. The number of carbonyl (C=O) groups is 1. The molecule has 1 fully saturated rings. The summed E-state index contributed by atoms with van der Waals surface area (Å²) < 4.78 is 5.30. The molecule has 24 heavy (non-hydrogen) atoms. The largest absolute Gasteiger partial charge is 0.370 e. The van der Waals surface area contributed by atoms with Crippen LogP contribution in [0.3, 0.4) is 0 Å². The lowest BCUT2D eigenvalue weighted by molar-refractivity contribution is -0.118. The number of primary amides is 1. The molecule has 2 aromatic heterocycles. The first-order valence-electron chi connectivity index (χ1n) is 8.39. The molecule has 0 saturated carbocycles. The molecule has 0 spiro atoms. The van der Waals surface area contributed by atoms with E-state index >= 15 is 0 Å². The van der Waals surface area contributed by atoms with Crippen LogP contribution in [0, 0.1) is 0 Å². The molecule has 3 rings (SSSR count). The lowest BCUT2D eigenvalue weighted by Crippen LogP contribution is -2.42. The lowest BCUT2D eigenvalue weighted by Gasteiger charge is -2.36. The first kappa shape index (κ1) is 16.4. The Morgan fingerprint density at radius 1 is 1.42 bits per heavy atom. The number of hydrogen-bond acceptors (Lipinski definition) is 6. The van der Waals surface area contributed by atoms with Crippen molar-refractivity contribution in [2.24, 2.45) is 5.73 Å². The van der Waals surface area contributed by atoms with Crippen LogP contribution < -0.4 is 10.6 Å². The quantitative estimate of drug-likeness (QED) is 0.905. The van der Waals surface area contributed by atoms with Crippen LogP contribution in [0.1, 0.15) is 51.3 Å². The SMILES string of the molecule is CC(C)c1noc(-c2ccc(N3CCCC[C@@H]3CC(N)=O)nc2)n1. The Hall–Kier alpha value is -2.44. The van der Waals surface area contributed by atoms with E-state index in [0.717, 1.165) is 37.2 Å². The normalized spacial score (nSPS) is 18.1. The summed E-state index contributed by atoms with van der Waals surface area (Å²) in [6.45, 7) is 4.93. The highest BCUT2D eigenvalue weighted by atomic mass is 16.5. The third-order valence-corrected chi connectivity index (χ3v) is 4.31. The van der Waals surface area contributed by atoms with Gasteiger partial charge in [0.2, 0.25) is 5.91 Å². The van der Waals surface area contributed by atoms with E-state index in [0.29, 0.717) is 18.1 Å². The second-order valence-corrected chi connectivity index (χ2v) is 6.53. The van der Waals surface area contributed by atoms with Gasteiger partial charge in [-0.1, -0.05) is 19.0 Å². The summed E-state index contributed by atoms with van der Waals surface area (Å²) in [6.07, 6.45) is 5.29. The average Bonchev–Trinajstić information content (AvgIpc) is 3.05. The van der Waals surface area contributed by atoms with Gasteiger partial charge in [-0.15, -0.1) is 0 Å². The van der Waals surface area contributed by atoms with Crippen molar-refractivity contribution < 1.29 is 9.32 Å². The van der Waals surface area contributed by atoms with Crippen molar-refractivity contribution in [2.75, 3.05) is 11.4 Å². The Labute approximate surface area is 141 Å². The topological polar surface area (TPSA) is 98.1 Å². The third-order valence-electron chi connectivity index (χ3n) is 4.31. The van der Waals surface area contributed by atoms with Crippen LogP contribution in [-0.4, -0.2) is 33.6 Å². The zero-order chi connectivity index (χ0) is 17.1. The van der Waals surface area contributed by atoms with Crippen molar-refractivity contribution in [2.45, 2.75) is 51.5 Å². The van der Waals surface area contributed by atoms with Crippen LogP contribution in [0.25, 0.3) is 11.5 Å². The fourth-order valence-electron chi connectivity index (χ4n) is 3.02. The van der Waals surface area contributed by atoms with E-state index in [1.54, 1.807) is 6.20 Å². The Morgan fingerprint density at radius 3 is 2.88 bits per heavy atom. The Balaban J connectivity index is 1.78. The molecule has 2 aromatic rings. The van der Waals surface area contributed by atoms with Gasteiger partial charge in [0.1, 0.15) is 5.82 Å². The van der Waals surface area contributed by atoms with Crippen molar-refractivity contribution in [3.05, 3.63) is 24.2 Å². The van der Waals surface area contributed by atoms with Crippen LogP contribution in [0.2, 0.25) is 0 Å². The second kappa shape index (κ2) is 6.98. The molecule has 128 valence electrons. The zero-order valence-corrected chi connectivity index (χ0v) is 14.1. The Bertz CT molecular complexity index is 695. The molecule has 1 aliphatic rings. The summed E-state index contributed by atoms with van der Waals surface area (Å²) in [5, 5.41) is 3.97. The number of nitrogens with zero attached hydrogens (tertiary/aromatic N) is 4. The number of rotatable bonds is 5. The van der Waals surface area contributed by atoms with Crippen LogP contribution in [0.4, 0.5) is 5.82 Å². The van der Waals surface area contributed by atoms with Crippen molar-refractivity contribution in [3.8, 4) is 11.5 Å². The maximum absolute atomic E-state index is 11.3. The van der Waals surface area contributed by atoms with E-state index in [4.69, 9.17) is 10.3 Å². The molecule has 3 heterocycles. The van der Waals surface area contributed by atoms with E-state index < -0.39 is 0 Å². The second-order valence-electron chi connectivity index (χ2n) is 6.53. The Kier molecular flexibility index (Phi) is 4.78. The molecule has 0 aromatic carbocycles. The van der Waals surface area contributed by atoms with E-state index in [-0.39, 0.29) is 17.9 Å². The summed E-state index contributed by atoms with van der Waals surface area (Å²) >= 11 is 0. The van der Waals surface area contributed by atoms with E-state index in [2.05, 4.69) is 20.0 Å². The van der Waals surface area contributed by atoms with Crippen LogP contribution >= 0.6 is 0 Å². The highest BCUT2D eigenvalue weighted by Crippen LogP contribution is 2.27. The van der Waals surface area contributed by atoms with E-state index in [1.165, 1.54) is 0 Å². The number of amides is 1. The highest BCUT2D eigenvalue weighted by Gasteiger charge is 2.25. The standard InChI is InChI=1S/C17H23N5O2/c1-11(2)16-20-17(24-21-16)12-6-7-15(19-10-12)22-8-4-3-5-13(22)9-14(18)23/h6-7,10-11,13H,3-5,8-9H2,1-2H3,(H2,18,23)/t13-/m1/s1. The van der Waals surface area contributed by atoms with Crippen LogP contribution in [0.5, 0.6) is 0 Å². The van der Waals surface area contributed by atoms with Gasteiger partial charge >= 0.3 is 0 Å². The van der Waals surface area contributed by atoms with E-state index in [9.17, 15) is 4.79 Å². The molecule has 1 saturated heterocycles. The Morgan fingerprint density at radius 2 is 2.25 bits per heavy atom. The first-order valence-corrected chi connectivity index (χ1v) is 8.39. The molecule has 7 heteroatoms. The number of hydrogen-bond donors (Lipinski definition) is 1. The van der Waals surface area contributed by atoms with Gasteiger partial charge in [-0.3, -0.25) is 4.79 Å². The molecular weight excluding hydrogens is 306 g/mol. The summed E-state index contributed by atoms with van der Waals surface area (Å²) in [5.74, 6) is 1.97. The maximum atomic E-state index is 11.3. The molecule has 0 radical (unpaired) electrons. The van der Waals surface area contributed by atoms with Crippen molar-refractivity contribution in [1.29, 1.82) is 0 Å². The smallest absolute Gasteiger partial charge is 0.259 e. The minimum Gasteiger partial charge on any atom is -0.370 e. The van der Waals surface area contributed by atoms with Crippen LogP contribution in [-0.2, 0) is 4.79 Å². The predicted octanol–water partition coefficient (Wildman–Crippen LogP) is 2.49. The molecule has 1 aliphatic heterocycles. The van der Waals surface area contributed by atoms with Gasteiger partial charge in [-0.05, 0) is 31.4 Å². The molecule has 1 atom stereocenters. The number of anilines is 1.